The Labute approximate surface area is 193 Å². The predicted octanol–water partition coefficient (Wildman–Crippen LogP) is 3.64. The van der Waals surface area contributed by atoms with Gasteiger partial charge < -0.3 is 9.88 Å². The van der Waals surface area contributed by atoms with Crippen LogP contribution in [0.1, 0.15) is 54.0 Å². The van der Waals surface area contributed by atoms with Crippen LogP contribution in [0, 0.1) is 5.82 Å². The van der Waals surface area contributed by atoms with Gasteiger partial charge in [-0.25, -0.2) is 17.8 Å². The van der Waals surface area contributed by atoms with Crippen molar-refractivity contribution in [1.29, 1.82) is 0 Å². The highest BCUT2D eigenvalue weighted by molar-refractivity contribution is 7.89. The molecule has 0 aliphatic carbocycles. The summed E-state index contributed by atoms with van der Waals surface area (Å²) >= 11 is 0. The van der Waals surface area contributed by atoms with Gasteiger partial charge in [0.05, 0.1) is 4.90 Å². The normalized spacial score (nSPS) is 18.1. The molecule has 0 spiro atoms. The van der Waals surface area contributed by atoms with Crippen LogP contribution in [0.2, 0.25) is 0 Å². The number of rotatable bonds is 6. The maximum Gasteiger partial charge on any atom is 0.252 e. The van der Waals surface area contributed by atoms with E-state index in [1.165, 1.54) is 28.6 Å². The third kappa shape index (κ3) is 4.84. The van der Waals surface area contributed by atoms with E-state index in [1.807, 2.05) is 6.92 Å². The Morgan fingerprint density at radius 1 is 1.18 bits per heavy atom. The second kappa shape index (κ2) is 9.44. The van der Waals surface area contributed by atoms with Gasteiger partial charge in [0.2, 0.25) is 10.0 Å². The van der Waals surface area contributed by atoms with Crippen molar-refractivity contribution in [3.8, 4) is 0 Å². The van der Waals surface area contributed by atoms with Crippen molar-refractivity contribution < 1.29 is 17.6 Å². The summed E-state index contributed by atoms with van der Waals surface area (Å²) in [5.41, 5.74) is 0.882. The van der Waals surface area contributed by atoms with E-state index in [9.17, 15) is 17.6 Å². The number of carbonyl (C=O) groups is 1. The number of carbonyl (C=O) groups excluding carboxylic acids is 1. The van der Waals surface area contributed by atoms with E-state index in [4.69, 9.17) is 0 Å². The summed E-state index contributed by atoms with van der Waals surface area (Å²) in [5, 5.41) is 2.93. The molecule has 4 rings (SSSR count). The molecule has 1 aliphatic heterocycles. The number of aromatic nitrogens is 2. The first-order valence-electron chi connectivity index (χ1n) is 10.9. The number of benzene rings is 2. The van der Waals surface area contributed by atoms with Crippen LogP contribution < -0.4 is 5.32 Å². The zero-order valence-electron chi connectivity index (χ0n) is 18.6. The van der Waals surface area contributed by atoms with Crippen molar-refractivity contribution in [3.05, 3.63) is 83.7 Å². The molecule has 0 saturated carbocycles. The van der Waals surface area contributed by atoms with E-state index in [0.717, 1.165) is 19.3 Å². The number of imidazole rings is 1. The van der Waals surface area contributed by atoms with E-state index < -0.39 is 22.0 Å². The van der Waals surface area contributed by atoms with Crippen LogP contribution >= 0.6 is 0 Å². The Balaban J connectivity index is 1.63. The molecule has 3 aromatic rings. The van der Waals surface area contributed by atoms with Crippen LogP contribution in [-0.2, 0) is 17.1 Å². The molecule has 7 nitrogen and oxygen atoms in total. The molecular formula is C24H27FN4O3S. The lowest BCUT2D eigenvalue weighted by Gasteiger charge is -2.32. The number of halogens is 1. The van der Waals surface area contributed by atoms with E-state index >= 15 is 0 Å². The molecule has 0 bridgehead atoms. The number of hydrogen-bond donors (Lipinski definition) is 1. The monoisotopic (exact) mass is 470 g/mol. The summed E-state index contributed by atoms with van der Waals surface area (Å²) in [6, 6.07) is 11.2. The van der Waals surface area contributed by atoms with E-state index in [0.29, 0.717) is 17.9 Å². The first-order valence-corrected chi connectivity index (χ1v) is 12.4. The number of hydrogen-bond acceptors (Lipinski definition) is 4. The zero-order chi connectivity index (χ0) is 23.6. The molecule has 1 N–H and O–H groups in total. The molecule has 2 atom stereocenters. The molecule has 1 amide bonds. The number of nitrogens with one attached hydrogen (secondary N) is 1. The molecule has 0 radical (unpaired) electrons. The molecule has 0 unspecified atom stereocenters. The maximum absolute atomic E-state index is 13.5. The van der Waals surface area contributed by atoms with Crippen molar-refractivity contribution in [2.24, 2.45) is 7.05 Å². The van der Waals surface area contributed by atoms with Crippen molar-refractivity contribution >= 4 is 15.9 Å². The van der Waals surface area contributed by atoms with Crippen LogP contribution in [0.5, 0.6) is 0 Å². The zero-order valence-corrected chi connectivity index (χ0v) is 19.4. The predicted molar refractivity (Wildman–Crippen MR) is 123 cm³/mol. The van der Waals surface area contributed by atoms with Crippen molar-refractivity contribution in [3.63, 3.8) is 0 Å². The quantitative estimate of drug-likeness (QED) is 0.596. The fourth-order valence-corrected chi connectivity index (χ4v) is 5.93. The van der Waals surface area contributed by atoms with Crippen LogP contribution in [0.25, 0.3) is 0 Å². The van der Waals surface area contributed by atoms with Gasteiger partial charge in [0, 0.05) is 37.6 Å². The van der Waals surface area contributed by atoms with Gasteiger partial charge in [0.25, 0.3) is 5.91 Å². The van der Waals surface area contributed by atoms with Gasteiger partial charge in [-0.2, -0.15) is 4.31 Å². The minimum atomic E-state index is -3.71. The van der Waals surface area contributed by atoms with Gasteiger partial charge >= 0.3 is 0 Å². The molecule has 33 heavy (non-hydrogen) atoms. The molecular weight excluding hydrogens is 443 g/mol. The second-order valence-electron chi connectivity index (χ2n) is 8.34. The Morgan fingerprint density at radius 3 is 2.61 bits per heavy atom. The molecule has 9 heteroatoms. The van der Waals surface area contributed by atoms with Crippen LogP contribution in [0.15, 0.2) is 65.8 Å². The summed E-state index contributed by atoms with van der Waals surface area (Å²) in [6.45, 7) is 2.39. The molecule has 174 valence electrons. The largest absolute Gasteiger partial charge is 0.338 e. The first-order chi connectivity index (χ1) is 15.8. The van der Waals surface area contributed by atoms with Crippen LogP contribution in [0.3, 0.4) is 0 Å². The minimum Gasteiger partial charge on any atom is -0.338 e. The summed E-state index contributed by atoms with van der Waals surface area (Å²) in [4.78, 5) is 17.6. The number of amides is 1. The molecule has 2 aromatic carbocycles. The summed E-state index contributed by atoms with van der Waals surface area (Å²) in [5.74, 6) is -0.259. The second-order valence-corrected chi connectivity index (χ2v) is 10.2. The van der Waals surface area contributed by atoms with Crippen LogP contribution in [-0.4, -0.2) is 40.8 Å². The van der Waals surface area contributed by atoms with Gasteiger partial charge in [-0.1, -0.05) is 24.6 Å². The Bertz CT molecular complexity index is 1240. The third-order valence-corrected chi connectivity index (χ3v) is 8.05. The van der Waals surface area contributed by atoms with Gasteiger partial charge in [-0.05, 0) is 55.7 Å². The topological polar surface area (TPSA) is 84.3 Å². The lowest BCUT2D eigenvalue weighted by atomic mass is 10.1. The fourth-order valence-electron chi connectivity index (χ4n) is 4.18. The molecule has 1 saturated heterocycles. The Morgan fingerprint density at radius 2 is 1.94 bits per heavy atom. The summed E-state index contributed by atoms with van der Waals surface area (Å²) < 4.78 is 43.2. The smallest absolute Gasteiger partial charge is 0.252 e. The SMILES string of the molecule is C[C@@H]1CCCCN1S(=O)(=O)c1cccc(C(=O)N[C@H](c2ccc(F)cc2)c2nccn2C)c1. The van der Waals surface area contributed by atoms with E-state index in [2.05, 4.69) is 10.3 Å². The van der Waals surface area contributed by atoms with Crippen molar-refractivity contribution in [2.45, 2.75) is 43.2 Å². The van der Waals surface area contributed by atoms with Gasteiger partial charge in [-0.3, -0.25) is 4.79 Å². The number of nitrogens with zero attached hydrogens (tertiary/aromatic N) is 3. The Hall–Kier alpha value is -3.04. The number of piperidine rings is 1. The highest BCUT2D eigenvalue weighted by Crippen LogP contribution is 2.26. The number of aryl methyl sites for hydroxylation is 1. The molecule has 1 aromatic heterocycles. The standard InChI is InChI=1S/C24H27FN4O3S/c1-17-6-3-4-14-29(17)33(31,32)21-8-5-7-19(16-21)24(30)27-22(23-26-13-15-28(23)2)18-9-11-20(25)12-10-18/h5,7-13,15-17,22H,3-4,6,14H2,1-2H3,(H,27,30)/t17-,22-/m1/s1. The van der Waals surface area contributed by atoms with E-state index in [1.54, 1.807) is 48.3 Å². The summed E-state index contributed by atoms with van der Waals surface area (Å²) in [6.07, 6.45) is 6.03. The van der Waals surface area contributed by atoms with Gasteiger partial charge in [-0.15, -0.1) is 0 Å². The van der Waals surface area contributed by atoms with Gasteiger partial charge in [0.1, 0.15) is 17.7 Å². The summed E-state index contributed by atoms with van der Waals surface area (Å²) in [7, 11) is -1.90. The Kier molecular flexibility index (Phi) is 6.62. The average molecular weight is 471 g/mol. The average Bonchev–Trinajstić information content (AvgIpc) is 3.24. The molecule has 2 heterocycles. The lowest BCUT2D eigenvalue weighted by Crippen LogP contribution is -2.42. The van der Waals surface area contributed by atoms with Gasteiger partial charge in [0.15, 0.2) is 0 Å². The van der Waals surface area contributed by atoms with Crippen LogP contribution in [0.4, 0.5) is 4.39 Å². The highest BCUT2D eigenvalue weighted by atomic mass is 32.2. The minimum absolute atomic E-state index is 0.0764. The fraction of sp³-hybridized carbons (Fsp3) is 0.333. The third-order valence-electron chi connectivity index (χ3n) is 6.04. The van der Waals surface area contributed by atoms with Crippen molar-refractivity contribution in [1.82, 2.24) is 19.2 Å². The lowest BCUT2D eigenvalue weighted by molar-refractivity contribution is 0.0941. The number of sulfonamides is 1. The molecule has 1 fully saturated rings. The highest BCUT2D eigenvalue weighted by Gasteiger charge is 2.31. The van der Waals surface area contributed by atoms with E-state index in [-0.39, 0.29) is 22.3 Å². The van der Waals surface area contributed by atoms with Crippen molar-refractivity contribution in [2.75, 3.05) is 6.54 Å². The maximum atomic E-state index is 13.5. The first kappa shape index (κ1) is 23.1. The molecule has 1 aliphatic rings.